The van der Waals surface area contributed by atoms with Crippen LogP contribution in [0.2, 0.25) is 0 Å². The highest BCUT2D eigenvalue weighted by atomic mass is 32.3. The molecule has 1 aromatic carbocycles. The minimum absolute atomic E-state index is 0.0655. The molecule has 1 rings (SSSR count). The van der Waals surface area contributed by atoms with Gasteiger partial charge in [-0.3, -0.25) is 9.00 Å². The van der Waals surface area contributed by atoms with Crippen molar-refractivity contribution in [2.75, 3.05) is 31.1 Å². The highest BCUT2D eigenvalue weighted by molar-refractivity contribution is 8.18. The predicted octanol–water partition coefficient (Wildman–Crippen LogP) is 1.83. The van der Waals surface area contributed by atoms with Gasteiger partial charge in [-0.25, -0.2) is 0 Å². The summed E-state index contributed by atoms with van der Waals surface area (Å²) in [5.41, 5.74) is 1.18. The number of aryl methyl sites for hydroxylation is 1. The van der Waals surface area contributed by atoms with E-state index in [0.717, 1.165) is 12.8 Å². The number of carbonyl (C=O) groups is 1. The molecule has 0 fully saturated rings. The van der Waals surface area contributed by atoms with Crippen LogP contribution in [-0.4, -0.2) is 41.2 Å². The summed E-state index contributed by atoms with van der Waals surface area (Å²) in [6, 6.07) is 9.98. The van der Waals surface area contributed by atoms with E-state index in [1.165, 1.54) is 5.56 Å². The summed E-state index contributed by atoms with van der Waals surface area (Å²) in [6.07, 6.45) is 7.44. The number of nitrogens with one attached hydrogen (secondary N) is 1. The summed E-state index contributed by atoms with van der Waals surface area (Å²) < 4.78 is 12.0. The van der Waals surface area contributed by atoms with E-state index in [-0.39, 0.29) is 5.91 Å². The first-order valence-corrected chi connectivity index (χ1v) is 9.97. The lowest BCUT2D eigenvalue weighted by atomic mass is 10.1. The van der Waals surface area contributed by atoms with Crippen molar-refractivity contribution < 1.29 is 9.00 Å². The van der Waals surface area contributed by atoms with Crippen molar-refractivity contribution in [2.24, 2.45) is 0 Å². The van der Waals surface area contributed by atoms with E-state index < -0.39 is 9.07 Å². The van der Waals surface area contributed by atoms with Crippen molar-refractivity contribution >= 4 is 15.0 Å². The van der Waals surface area contributed by atoms with Gasteiger partial charge in [-0.2, -0.15) is 0 Å². The Bertz CT molecular complexity index is 465. The van der Waals surface area contributed by atoms with Crippen molar-refractivity contribution in [2.45, 2.75) is 19.3 Å². The molecule has 108 valence electrons. The predicted molar refractivity (Wildman–Crippen MR) is 83.2 cm³/mol. The minimum atomic E-state index is -2.43. The van der Waals surface area contributed by atoms with E-state index in [4.69, 9.17) is 0 Å². The molecule has 0 aliphatic heterocycles. The second-order valence-electron chi connectivity index (χ2n) is 6.10. The fourth-order valence-electron chi connectivity index (χ4n) is 1.78. The quantitative estimate of drug-likeness (QED) is 0.776. The molecular formula is C15H25NO2S. The van der Waals surface area contributed by atoms with E-state index in [9.17, 15) is 9.00 Å². The zero-order chi connectivity index (χ0) is 14.4. The molecule has 1 N–H and O–H groups in total. The number of hydrogen-bond acceptors (Lipinski definition) is 2. The number of amides is 1. The van der Waals surface area contributed by atoms with Crippen LogP contribution in [0.5, 0.6) is 0 Å². The Morgan fingerprint density at radius 1 is 1.16 bits per heavy atom. The Labute approximate surface area is 116 Å². The standard InChI is InChI=1S/C15H25NO2S/c1-19(2,3,18)13-7-12-16-15(17)11-10-14-8-5-4-6-9-14/h4-6,8-9H,7,10-13H2,1-3H3,(H,16,17). The highest BCUT2D eigenvalue weighted by Gasteiger charge is 2.16. The van der Waals surface area contributed by atoms with Gasteiger partial charge in [0.05, 0.1) is 0 Å². The van der Waals surface area contributed by atoms with Gasteiger partial charge < -0.3 is 5.32 Å². The third-order valence-corrected chi connectivity index (χ3v) is 4.50. The Morgan fingerprint density at radius 2 is 1.79 bits per heavy atom. The second kappa shape index (κ2) is 6.33. The van der Waals surface area contributed by atoms with Crippen LogP contribution in [0, 0.1) is 0 Å². The van der Waals surface area contributed by atoms with Crippen LogP contribution in [0.3, 0.4) is 0 Å². The molecular weight excluding hydrogens is 258 g/mol. The average molecular weight is 283 g/mol. The summed E-state index contributed by atoms with van der Waals surface area (Å²) in [5.74, 6) is 0.728. The Balaban J connectivity index is 2.17. The minimum Gasteiger partial charge on any atom is -0.356 e. The summed E-state index contributed by atoms with van der Waals surface area (Å²) in [7, 11) is -2.43. The zero-order valence-corrected chi connectivity index (χ0v) is 13.0. The van der Waals surface area contributed by atoms with Crippen molar-refractivity contribution in [1.82, 2.24) is 5.32 Å². The van der Waals surface area contributed by atoms with Gasteiger partial charge >= 0.3 is 0 Å². The molecule has 19 heavy (non-hydrogen) atoms. The Kier molecular flexibility index (Phi) is 5.29. The first-order chi connectivity index (χ1) is 8.72. The first-order valence-electron chi connectivity index (χ1n) is 6.61. The van der Waals surface area contributed by atoms with Crippen LogP contribution in [0.1, 0.15) is 18.4 Å². The maximum Gasteiger partial charge on any atom is 0.220 e. The number of rotatable bonds is 7. The van der Waals surface area contributed by atoms with Gasteiger partial charge in [0.15, 0.2) is 0 Å². The molecule has 0 aliphatic carbocycles. The van der Waals surface area contributed by atoms with Gasteiger partial charge in [0.2, 0.25) is 5.91 Å². The number of hydrogen-bond donors (Lipinski definition) is 1. The molecule has 0 heterocycles. The average Bonchev–Trinajstić information content (AvgIpc) is 2.31. The molecule has 1 amide bonds. The zero-order valence-electron chi connectivity index (χ0n) is 12.1. The van der Waals surface area contributed by atoms with E-state index in [1.807, 2.05) is 30.3 Å². The van der Waals surface area contributed by atoms with Crippen LogP contribution in [0.15, 0.2) is 30.3 Å². The number of benzene rings is 1. The molecule has 0 spiro atoms. The lowest BCUT2D eigenvalue weighted by Gasteiger charge is -2.28. The molecule has 0 radical (unpaired) electrons. The SMILES string of the molecule is CS(C)(C)(=O)CCCNC(=O)CCc1ccccc1. The third-order valence-electron chi connectivity index (χ3n) is 2.82. The maximum absolute atomic E-state index is 12.0. The topological polar surface area (TPSA) is 46.2 Å². The lowest BCUT2D eigenvalue weighted by Crippen LogP contribution is -2.34. The smallest absolute Gasteiger partial charge is 0.220 e. The van der Waals surface area contributed by atoms with Crippen LogP contribution in [-0.2, 0) is 20.3 Å². The second-order valence-corrected chi connectivity index (χ2v) is 11.9. The summed E-state index contributed by atoms with van der Waals surface area (Å²) in [4.78, 5) is 11.6. The molecule has 3 nitrogen and oxygen atoms in total. The first kappa shape index (κ1) is 15.9. The van der Waals surface area contributed by atoms with E-state index in [2.05, 4.69) is 5.32 Å². The summed E-state index contributed by atoms with van der Waals surface area (Å²) >= 11 is 0. The van der Waals surface area contributed by atoms with Gasteiger partial charge in [-0.15, -0.1) is 9.07 Å². The Hall–Kier alpha value is -1.16. The van der Waals surface area contributed by atoms with Gasteiger partial charge in [-0.05, 0) is 37.2 Å². The van der Waals surface area contributed by atoms with Crippen LogP contribution in [0.25, 0.3) is 0 Å². The fraction of sp³-hybridized carbons (Fsp3) is 0.533. The van der Waals surface area contributed by atoms with Crippen molar-refractivity contribution in [3.63, 3.8) is 0 Å². The van der Waals surface area contributed by atoms with E-state index >= 15 is 0 Å². The van der Waals surface area contributed by atoms with Crippen molar-refractivity contribution in [3.05, 3.63) is 35.9 Å². The monoisotopic (exact) mass is 283 g/mol. The molecule has 0 saturated carbocycles. The molecule has 0 aliphatic rings. The lowest BCUT2D eigenvalue weighted by molar-refractivity contribution is -0.121. The van der Waals surface area contributed by atoms with Crippen LogP contribution in [0.4, 0.5) is 0 Å². The molecule has 4 heteroatoms. The fourth-order valence-corrected chi connectivity index (χ4v) is 2.91. The van der Waals surface area contributed by atoms with Gasteiger partial charge in [0.1, 0.15) is 0 Å². The third kappa shape index (κ3) is 8.54. The largest absolute Gasteiger partial charge is 0.356 e. The molecule has 0 saturated heterocycles. The van der Waals surface area contributed by atoms with Crippen molar-refractivity contribution in [1.29, 1.82) is 0 Å². The van der Waals surface area contributed by atoms with Gasteiger partial charge in [0, 0.05) is 18.7 Å². The van der Waals surface area contributed by atoms with E-state index in [0.29, 0.717) is 18.7 Å². The number of carbonyl (C=O) groups excluding carboxylic acids is 1. The van der Waals surface area contributed by atoms with Gasteiger partial charge in [-0.1, -0.05) is 30.3 Å². The molecule has 0 atom stereocenters. The molecule has 1 aromatic rings. The normalized spacial score (nSPS) is 13.5. The Morgan fingerprint density at radius 3 is 2.37 bits per heavy atom. The molecule has 0 unspecified atom stereocenters. The van der Waals surface area contributed by atoms with Crippen LogP contribution < -0.4 is 5.32 Å². The summed E-state index contributed by atoms with van der Waals surface area (Å²) in [5, 5.41) is 2.88. The van der Waals surface area contributed by atoms with E-state index in [1.54, 1.807) is 18.8 Å². The summed E-state index contributed by atoms with van der Waals surface area (Å²) in [6.45, 7) is 0.609. The molecule has 0 aromatic heterocycles. The maximum atomic E-state index is 12.0. The van der Waals surface area contributed by atoms with Crippen molar-refractivity contribution in [3.8, 4) is 0 Å². The van der Waals surface area contributed by atoms with Crippen LogP contribution >= 0.6 is 0 Å². The molecule has 0 bridgehead atoms. The highest BCUT2D eigenvalue weighted by Crippen LogP contribution is 2.12. The van der Waals surface area contributed by atoms with Gasteiger partial charge in [0.25, 0.3) is 0 Å².